The number of carbonyl (C=O) groups is 2. The van der Waals surface area contributed by atoms with E-state index >= 15 is 0 Å². The van der Waals surface area contributed by atoms with E-state index < -0.39 is 5.97 Å². The summed E-state index contributed by atoms with van der Waals surface area (Å²) in [7, 11) is 0. The number of aliphatic carboxylic acids is 1. The highest BCUT2D eigenvalue weighted by Gasteiger charge is 2.04. The molecule has 0 spiro atoms. The summed E-state index contributed by atoms with van der Waals surface area (Å²) >= 11 is 5.84. The Morgan fingerprint density at radius 3 is 2.95 bits per heavy atom. The Kier molecular flexibility index (Phi) is 4.73. The molecule has 2 rings (SSSR count). The van der Waals surface area contributed by atoms with Crippen molar-refractivity contribution < 1.29 is 14.7 Å². The van der Waals surface area contributed by atoms with Crippen LogP contribution < -0.4 is 5.32 Å². The number of aromatic nitrogens is 2. The van der Waals surface area contributed by atoms with Gasteiger partial charge in [0.1, 0.15) is 6.54 Å². The summed E-state index contributed by atoms with van der Waals surface area (Å²) in [5.41, 5.74) is 1.23. The zero-order valence-corrected chi connectivity index (χ0v) is 11.6. The normalized spacial score (nSPS) is 10.7. The van der Waals surface area contributed by atoms with Gasteiger partial charge in [-0.05, 0) is 23.8 Å². The van der Waals surface area contributed by atoms with Gasteiger partial charge in [0, 0.05) is 17.3 Å². The topological polar surface area (TPSA) is 84.2 Å². The van der Waals surface area contributed by atoms with E-state index in [1.807, 2.05) is 6.07 Å². The minimum Gasteiger partial charge on any atom is -0.480 e. The molecule has 0 saturated heterocycles. The molecule has 1 amide bonds. The maximum atomic E-state index is 11.7. The van der Waals surface area contributed by atoms with Gasteiger partial charge in [-0.2, -0.15) is 5.10 Å². The summed E-state index contributed by atoms with van der Waals surface area (Å²) in [5, 5.41) is 15.6. The molecule has 2 N–H and O–H groups in total. The van der Waals surface area contributed by atoms with Crippen LogP contribution in [-0.4, -0.2) is 26.8 Å². The van der Waals surface area contributed by atoms with Gasteiger partial charge >= 0.3 is 5.97 Å². The number of carboxylic acids is 1. The first-order valence-corrected chi connectivity index (χ1v) is 6.39. The smallest absolute Gasteiger partial charge is 0.325 e. The monoisotopic (exact) mass is 305 g/mol. The van der Waals surface area contributed by atoms with E-state index in [9.17, 15) is 9.59 Å². The van der Waals surface area contributed by atoms with Gasteiger partial charge in [-0.3, -0.25) is 14.3 Å². The number of nitrogens with zero attached hydrogens (tertiary/aromatic N) is 2. The van der Waals surface area contributed by atoms with Gasteiger partial charge < -0.3 is 10.4 Å². The molecule has 21 heavy (non-hydrogen) atoms. The predicted octanol–water partition coefficient (Wildman–Crippen LogP) is 2.27. The summed E-state index contributed by atoms with van der Waals surface area (Å²) in [6.45, 7) is -0.256. The second kappa shape index (κ2) is 6.71. The average molecular weight is 306 g/mol. The maximum Gasteiger partial charge on any atom is 0.325 e. The molecule has 0 fully saturated rings. The van der Waals surface area contributed by atoms with Gasteiger partial charge in [0.05, 0.1) is 11.9 Å². The highest BCUT2D eigenvalue weighted by atomic mass is 35.5. The van der Waals surface area contributed by atoms with Crippen LogP contribution in [0, 0.1) is 0 Å². The van der Waals surface area contributed by atoms with Crippen LogP contribution in [0.25, 0.3) is 6.08 Å². The molecule has 0 aliphatic rings. The third-order valence-electron chi connectivity index (χ3n) is 2.47. The number of hydrogen-bond donors (Lipinski definition) is 2. The summed E-state index contributed by atoms with van der Waals surface area (Å²) in [6.07, 6.45) is 5.82. The second-order valence-corrected chi connectivity index (χ2v) is 4.63. The summed E-state index contributed by atoms with van der Waals surface area (Å²) < 4.78 is 1.22. The predicted molar refractivity (Wildman–Crippen MR) is 79.0 cm³/mol. The van der Waals surface area contributed by atoms with Crippen molar-refractivity contribution in [2.75, 3.05) is 5.32 Å². The van der Waals surface area contributed by atoms with E-state index in [2.05, 4.69) is 10.4 Å². The third kappa shape index (κ3) is 4.77. The molecular formula is C14H12ClN3O3. The second-order valence-electron chi connectivity index (χ2n) is 4.20. The van der Waals surface area contributed by atoms with Crippen molar-refractivity contribution >= 4 is 35.2 Å². The lowest BCUT2D eigenvalue weighted by Crippen LogP contribution is -2.09. The van der Waals surface area contributed by atoms with E-state index in [4.69, 9.17) is 16.7 Å². The first-order valence-electron chi connectivity index (χ1n) is 6.02. The number of carbonyl (C=O) groups excluding carboxylic acids is 1. The van der Waals surface area contributed by atoms with Crippen molar-refractivity contribution in [1.29, 1.82) is 0 Å². The van der Waals surface area contributed by atoms with Gasteiger partial charge in [0.25, 0.3) is 0 Å². The van der Waals surface area contributed by atoms with Crippen molar-refractivity contribution in [2.24, 2.45) is 0 Å². The lowest BCUT2D eigenvalue weighted by Gasteiger charge is -1.98. The molecule has 0 bridgehead atoms. The number of amides is 1. The Morgan fingerprint density at radius 1 is 1.43 bits per heavy atom. The van der Waals surface area contributed by atoms with Crippen LogP contribution in [0.4, 0.5) is 5.69 Å². The molecule has 108 valence electrons. The fourth-order valence-electron chi connectivity index (χ4n) is 1.62. The maximum absolute atomic E-state index is 11.7. The molecule has 0 radical (unpaired) electrons. The van der Waals surface area contributed by atoms with Gasteiger partial charge in [0.2, 0.25) is 5.91 Å². The van der Waals surface area contributed by atoms with Crippen LogP contribution in [0.5, 0.6) is 0 Å². The molecule has 2 aromatic rings. The van der Waals surface area contributed by atoms with Crippen molar-refractivity contribution in [1.82, 2.24) is 9.78 Å². The minimum atomic E-state index is -1.00. The van der Waals surface area contributed by atoms with Gasteiger partial charge in [-0.15, -0.1) is 0 Å². The van der Waals surface area contributed by atoms with E-state index in [1.54, 1.807) is 24.3 Å². The zero-order chi connectivity index (χ0) is 15.2. The van der Waals surface area contributed by atoms with Crippen LogP contribution in [0.2, 0.25) is 5.02 Å². The number of benzene rings is 1. The zero-order valence-electron chi connectivity index (χ0n) is 10.9. The van der Waals surface area contributed by atoms with Crippen LogP contribution in [0.1, 0.15) is 5.56 Å². The largest absolute Gasteiger partial charge is 0.480 e. The quantitative estimate of drug-likeness (QED) is 0.830. The lowest BCUT2D eigenvalue weighted by atomic mass is 10.2. The number of rotatable bonds is 5. The van der Waals surface area contributed by atoms with Gasteiger partial charge in [0.15, 0.2) is 0 Å². The molecule has 0 unspecified atom stereocenters. The SMILES string of the molecule is O=C(O)Cn1cc(NC(=O)/C=C/c2cccc(Cl)c2)cn1. The van der Waals surface area contributed by atoms with Crippen LogP contribution >= 0.6 is 11.6 Å². The van der Waals surface area contributed by atoms with Crippen LogP contribution in [0.15, 0.2) is 42.7 Å². The summed E-state index contributed by atoms with van der Waals surface area (Å²) in [5.74, 6) is -1.35. The molecule has 0 aliphatic carbocycles. The fourth-order valence-corrected chi connectivity index (χ4v) is 1.82. The highest BCUT2D eigenvalue weighted by molar-refractivity contribution is 6.30. The van der Waals surface area contributed by atoms with Crippen molar-refractivity contribution in [3.63, 3.8) is 0 Å². The number of anilines is 1. The van der Waals surface area contributed by atoms with Gasteiger partial charge in [-0.25, -0.2) is 0 Å². The Balaban J connectivity index is 1.95. The standard InChI is InChI=1S/C14H12ClN3O3/c15-11-3-1-2-10(6-11)4-5-13(19)17-12-7-16-18(8-12)9-14(20)21/h1-8H,9H2,(H,17,19)(H,20,21)/b5-4+. The van der Waals surface area contributed by atoms with Crippen LogP contribution in [-0.2, 0) is 16.1 Å². The number of halogens is 1. The van der Waals surface area contributed by atoms with Crippen molar-refractivity contribution in [3.05, 3.63) is 53.3 Å². The van der Waals surface area contributed by atoms with E-state index in [0.29, 0.717) is 10.7 Å². The molecular weight excluding hydrogens is 294 g/mol. The van der Waals surface area contributed by atoms with Crippen molar-refractivity contribution in [2.45, 2.75) is 6.54 Å². The molecule has 7 heteroatoms. The summed E-state index contributed by atoms with van der Waals surface area (Å²) in [6, 6.07) is 7.09. The van der Waals surface area contributed by atoms with Gasteiger partial charge in [-0.1, -0.05) is 23.7 Å². The molecule has 6 nitrogen and oxygen atoms in total. The molecule has 0 atom stereocenters. The molecule has 1 heterocycles. The molecule has 1 aromatic carbocycles. The Labute approximate surface area is 125 Å². The Morgan fingerprint density at radius 2 is 2.24 bits per heavy atom. The number of hydrogen-bond acceptors (Lipinski definition) is 3. The number of carboxylic acid groups (broad SMARTS) is 1. The summed E-state index contributed by atoms with van der Waals surface area (Å²) in [4.78, 5) is 22.2. The Bertz CT molecular complexity index is 694. The minimum absolute atomic E-state index is 0.256. The highest BCUT2D eigenvalue weighted by Crippen LogP contribution is 2.12. The van der Waals surface area contributed by atoms with E-state index in [0.717, 1.165) is 5.56 Å². The molecule has 0 aliphatic heterocycles. The first kappa shape index (κ1) is 14.8. The van der Waals surface area contributed by atoms with Crippen LogP contribution in [0.3, 0.4) is 0 Å². The molecule has 0 saturated carbocycles. The first-order chi connectivity index (χ1) is 10.0. The Hall–Kier alpha value is -2.60. The molecule has 1 aromatic heterocycles. The van der Waals surface area contributed by atoms with E-state index in [1.165, 1.54) is 23.2 Å². The van der Waals surface area contributed by atoms with E-state index in [-0.39, 0.29) is 12.5 Å². The third-order valence-corrected chi connectivity index (χ3v) is 2.71. The lowest BCUT2D eigenvalue weighted by molar-refractivity contribution is -0.137. The van der Waals surface area contributed by atoms with Crippen molar-refractivity contribution in [3.8, 4) is 0 Å². The average Bonchev–Trinajstić information content (AvgIpc) is 2.83. The number of nitrogens with one attached hydrogen (secondary N) is 1. The fraction of sp³-hybridized carbons (Fsp3) is 0.0714.